The van der Waals surface area contributed by atoms with Crippen molar-refractivity contribution < 1.29 is 4.39 Å². The summed E-state index contributed by atoms with van der Waals surface area (Å²) in [4.78, 5) is 4.44. The van der Waals surface area contributed by atoms with E-state index in [-0.39, 0.29) is 5.82 Å². The second kappa shape index (κ2) is 5.10. The molecule has 0 bridgehead atoms. The van der Waals surface area contributed by atoms with Gasteiger partial charge in [0, 0.05) is 23.5 Å². The fraction of sp³-hybridized carbons (Fsp3) is 0.308. The number of halogens is 2. The summed E-state index contributed by atoms with van der Waals surface area (Å²) in [5.41, 5.74) is 6.95. The zero-order chi connectivity index (χ0) is 13.3. The molecule has 0 radical (unpaired) electrons. The van der Waals surface area contributed by atoms with Gasteiger partial charge in [0.2, 0.25) is 0 Å². The minimum atomic E-state index is -0.322. The zero-order valence-electron chi connectivity index (χ0n) is 10.4. The zero-order valence-corrected chi connectivity index (χ0v) is 12.0. The van der Waals surface area contributed by atoms with Crippen LogP contribution in [0.1, 0.15) is 19.2 Å². The predicted octanol–water partition coefficient (Wildman–Crippen LogP) is 3.52. The number of nitrogens with zero attached hydrogens (tertiary/aromatic N) is 2. The maximum absolute atomic E-state index is 13.9. The van der Waals surface area contributed by atoms with E-state index in [0.717, 1.165) is 18.7 Å². The smallest absolute Gasteiger partial charge is 0.133 e. The second-order valence-electron chi connectivity index (χ2n) is 4.20. The summed E-state index contributed by atoms with van der Waals surface area (Å²) in [5.74, 6) is 1.06. The maximum Gasteiger partial charge on any atom is 0.133 e. The first-order valence-corrected chi connectivity index (χ1v) is 6.60. The Bertz CT molecular complexity index is 578. The number of imidazole rings is 1. The Hall–Kier alpha value is -1.36. The molecule has 2 N–H and O–H groups in total. The third-order valence-electron chi connectivity index (χ3n) is 2.89. The lowest BCUT2D eigenvalue weighted by Crippen LogP contribution is -2.01. The van der Waals surface area contributed by atoms with Gasteiger partial charge in [-0.05, 0) is 24.6 Å². The molecule has 0 saturated carbocycles. The average molecular weight is 312 g/mol. The maximum atomic E-state index is 13.9. The molecule has 18 heavy (non-hydrogen) atoms. The summed E-state index contributed by atoms with van der Waals surface area (Å²) in [6.45, 7) is 2.07. The van der Waals surface area contributed by atoms with Gasteiger partial charge in [-0.3, -0.25) is 0 Å². The number of hydrogen-bond acceptors (Lipinski definition) is 2. The third-order valence-corrected chi connectivity index (χ3v) is 3.39. The van der Waals surface area contributed by atoms with Crippen LogP contribution < -0.4 is 5.73 Å². The fourth-order valence-corrected chi connectivity index (χ4v) is 2.22. The van der Waals surface area contributed by atoms with Crippen LogP contribution in [0.25, 0.3) is 11.3 Å². The minimum Gasteiger partial charge on any atom is -0.383 e. The molecule has 0 spiro atoms. The van der Waals surface area contributed by atoms with E-state index in [9.17, 15) is 4.39 Å². The van der Waals surface area contributed by atoms with Crippen LogP contribution in [0.2, 0.25) is 0 Å². The number of rotatable bonds is 3. The summed E-state index contributed by atoms with van der Waals surface area (Å²) in [5, 5.41) is 0. The van der Waals surface area contributed by atoms with Crippen molar-refractivity contribution in [2.75, 3.05) is 5.73 Å². The monoisotopic (exact) mass is 311 g/mol. The molecule has 3 nitrogen and oxygen atoms in total. The van der Waals surface area contributed by atoms with Crippen molar-refractivity contribution in [3.63, 3.8) is 0 Å². The number of hydrogen-bond donors (Lipinski definition) is 1. The van der Waals surface area contributed by atoms with Crippen molar-refractivity contribution in [3.05, 3.63) is 34.3 Å². The standard InChI is InChI=1S/C13H15BrFN3/c1-3-4-11-17-12(13(16)18(11)2)9-6-5-8(14)7-10(9)15/h5-7H,3-4,16H2,1-2H3. The number of nitrogens with two attached hydrogens (primary N) is 1. The van der Waals surface area contributed by atoms with Crippen LogP contribution in [-0.2, 0) is 13.5 Å². The van der Waals surface area contributed by atoms with Gasteiger partial charge in [-0.15, -0.1) is 0 Å². The van der Waals surface area contributed by atoms with E-state index >= 15 is 0 Å². The van der Waals surface area contributed by atoms with E-state index in [2.05, 4.69) is 27.8 Å². The van der Waals surface area contributed by atoms with E-state index in [0.29, 0.717) is 21.5 Å². The normalized spacial score (nSPS) is 10.9. The third kappa shape index (κ3) is 2.27. The molecule has 0 unspecified atom stereocenters. The summed E-state index contributed by atoms with van der Waals surface area (Å²) >= 11 is 3.24. The molecule has 1 aromatic carbocycles. The Balaban J connectivity index is 2.53. The summed E-state index contributed by atoms with van der Waals surface area (Å²) in [7, 11) is 1.85. The number of nitrogen functional groups attached to an aromatic ring is 1. The molecule has 0 amide bonds. The van der Waals surface area contributed by atoms with Crippen molar-refractivity contribution in [3.8, 4) is 11.3 Å². The molecule has 1 heterocycles. The van der Waals surface area contributed by atoms with E-state index in [1.807, 2.05) is 11.6 Å². The van der Waals surface area contributed by atoms with Gasteiger partial charge < -0.3 is 10.3 Å². The molecule has 0 aliphatic carbocycles. The summed E-state index contributed by atoms with van der Waals surface area (Å²) in [6.07, 6.45) is 1.81. The van der Waals surface area contributed by atoms with E-state index in [1.165, 1.54) is 6.07 Å². The Labute approximate surface area is 114 Å². The van der Waals surface area contributed by atoms with Gasteiger partial charge in [0.25, 0.3) is 0 Å². The van der Waals surface area contributed by atoms with Crippen molar-refractivity contribution in [1.82, 2.24) is 9.55 Å². The molecular weight excluding hydrogens is 297 g/mol. The second-order valence-corrected chi connectivity index (χ2v) is 5.11. The van der Waals surface area contributed by atoms with Crippen molar-refractivity contribution >= 4 is 21.7 Å². The van der Waals surface area contributed by atoms with Crippen LogP contribution in [0.3, 0.4) is 0 Å². The van der Waals surface area contributed by atoms with Gasteiger partial charge in [-0.1, -0.05) is 22.9 Å². The molecule has 0 aliphatic rings. The molecule has 2 rings (SSSR count). The Morgan fingerprint density at radius 3 is 2.78 bits per heavy atom. The Morgan fingerprint density at radius 2 is 2.17 bits per heavy atom. The largest absolute Gasteiger partial charge is 0.383 e. The van der Waals surface area contributed by atoms with Crippen LogP contribution in [-0.4, -0.2) is 9.55 Å². The van der Waals surface area contributed by atoms with Crippen LogP contribution in [0.4, 0.5) is 10.2 Å². The lowest BCUT2D eigenvalue weighted by Gasteiger charge is -2.02. The number of benzene rings is 1. The van der Waals surface area contributed by atoms with Gasteiger partial charge in [0.15, 0.2) is 0 Å². The molecule has 0 aliphatic heterocycles. The highest BCUT2D eigenvalue weighted by Crippen LogP contribution is 2.29. The molecular formula is C13H15BrFN3. The van der Waals surface area contributed by atoms with Crippen LogP contribution in [0.5, 0.6) is 0 Å². The lowest BCUT2D eigenvalue weighted by molar-refractivity contribution is 0.630. The van der Waals surface area contributed by atoms with E-state index in [1.54, 1.807) is 12.1 Å². The topological polar surface area (TPSA) is 43.8 Å². The first-order valence-electron chi connectivity index (χ1n) is 5.81. The first kappa shape index (κ1) is 13.1. The van der Waals surface area contributed by atoms with Gasteiger partial charge in [0.05, 0.1) is 0 Å². The van der Waals surface area contributed by atoms with Gasteiger partial charge in [-0.2, -0.15) is 0 Å². The first-order chi connectivity index (χ1) is 8.54. The summed E-state index contributed by atoms with van der Waals surface area (Å²) in [6, 6.07) is 4.89. The van der Waals surface area contributed by atoms with Crippen LogP contribution >= 0.6 is 15.9 Å². The lowest BCUT2D eigenvalue weighted by atomic mass is 10.1. The van der Waals surface area contributed by atoms with E-state index in [4.69, 9.17) is 5.73 Å². The number of aromatic nitrogens is 2. The molecule has 96 valence electrons. The fourth-order valence-electron chi connectivity index (χ4n) is 1.89. The predicted molar refractivity (Wildman–Crippen MR) is 74.7 cm³/mol. The Morgan fingerprint density at radius 1 is 1.44 bits per heavy atom. The molecule has 0 atom stereocenters. The van der Waals surface area contributed by atoms with Gasteiger partial charge in [-0.25, -0.2) is 9.37 Å². The molecule has 2 aromatic rings. The quantitative estimate of drug-likeness (QED) is 0.942. The molecule has 1 aromatic heterocycles. The van der Waals surface area contributed by atoms with Crippen molar-refractivity contribution in [1.29, 1.82) is 0 Å². The average Bonchev–Trinajstić information content (AvgIpc) is 2.58. The molecule has 0 fully saturated rings. The summed E-state index contributed by atoms with van der Waals surface area (Å²) < 4.78 is 16.4. The van der Waals surface area contributed by atoms with Crippen molar-refractivity contribution in [2.24, 2.45) is 7.05 Å². The van der Waals surface area contributed by atoms with Gasteiger partial charge in [0.1, 0.15) is 23.2 Å². The van der Waals surface area contributed by atoms with Crippen LogP contribution in [0.15, 0.2) is 22.7 Å². The highest BCUT2D eigenvalue weighted by atomic mass is 79.9. The number of aryl methyl sites for hydroxylation is 1. The SMILES string of the molecule is CCCc1nc(-c2ccc(Br)cc2F)c(N)n1C. The molecule has 5 heteroatoms. The van der Waals surface area contributed by atoms with E-state index < -0.39 is 0 Å². The van der Waals surface area contributed by atoms with Crippen molar-refractivity contribution in [2.45, 2.75) is 19.8 Å². The number of anilines is 1. The van der Waals surface area contributed by atoms with Gasteiger partial charge >= 0.3 is 0 Å². The van der Waals surface area contributed by atoms with Crippen LogP contribution in [0, 0.1) is 5.82 Å². The molecule has 0 saturated heterocycles. The highest BCUT2D eigenvalue weighted by molar-refractivity contribution is 9.10. The Kier molecular flexibility index (Phi) is 3.71. The minimum absolute atomic E-state index is 0.322. The highest BCUT2D eigenvalue weighted by Gasteiger charge is 2.16.